The number of hydrogen-bond acceptors (Lipinski definition) is 4. The van der Waals surface area contributed by atoms with E-state index in [0.717, 1.165) is 35.9 Å². The van der Waals surface area contributed by atoms with E-state index in [1.165, 1.54) is 0 Å². The second kappa shape index (κ2) is 7.64. The van der Waals surface area contributed by atoms with Crippen molar-refractivity contribution in [3.05, 3.63) is 28.8 Å². The van der Waals surface area contributed by atoms with Crippen molar-refractivity contribution in [1.29, 1.82) is 0 Å². The molecule has 1 aliphatic heterocycles. The molecule has 6 heteroatoms. The molecule has 1 aromatic carbocycles. The van der Waals surface area contributed by atoms with E-state index >= 15 is 0 Å². The first-order chi connectivity index (χ1) is 10.1. The normalized spacial score (nSPS) is 15.7. The van der Waals surface area contributed by atoms with Gasteiger partial charge in [0, 0.05) is 56.6 Å². The quantitative estimate of drug-likeness (QED) is 0.806. The number of ether oxygens (including phenoxy) is 1. The molecule has 1 amide bonds. The van der Waals surface area contributed by atoms with Crippen LogP contribution in [-0.2, 0) is 16.1 Å². The molecule has 0 spiro atoms. The average molecular weight is 312 g/mol. The summed E-state index contributed by atoms with van der Waals surface area (Å²) in [7, 11) is 3.52. The van der Waals surface area contributed by atoms with E-state index in [4.69, 9.17) is 16.3 Å². The minimum Gasteiger partial charge on any atom is -0.383 e. The highest BCUT2D eigenvalue weighted by molar-refractivity contribution is 6.31. The third kappa shape index (κ3) is 4.09. The zero-order valence-corrected chi connectivity index (χ0v) is 13.3. The SMILES string of the molecule is COCCNCc1c(Cl)cccc1N1CCN(C)C(=O)C1. The predicted molar refractivity (Wildman–Crippen MR) is 84.9 cm³/mol. The van der Waals surface area contributed by atoms with Crippen LogP contribution in [-0.4, -0.2) is 57.8 Å². The van der Waals surface area contributed by atoms with Crippen molar-refractivity contribution >= 4 is 23.2 Å². The molecule has 21 heavy (non-hydrogen) atoms. The molecule has 2 rings (SSSR count). The number of piperazine rings is 1. The van der Waals surface area contributed by atoms with Gasteiger partial charge in [-0.3, -0.25) is 4.79 Å². The van der Waals surface area contributed by atoms with Crippen LogP contribution in [0.25, 0.3) is 0 Å². The van der Waals surface area contributed by atoms with E-state index in [0.29, 0.717) is 19.7 Å². The summed E-state index contributed by atoms with van der Waals surface area (Å²) in [6, 6.07) is 5.84. The van der Waals surface area contributed by atoms with Crippen LogP contribution in [0.5, 0.6) is 0 Å². The van der Waals surface area contributed by atoms with E-state index in [2.05, 4.69) is 10.2 Å². The van der Waals surface area contributed by atoms with Gasteiger partial charge < -0.3 is 19.9 Å². The van der Waals surface area contributed by atoms with Gasteiger partial charge in [0.15, 0.2) is 0 Å². The molecule has 1 N–H and O–H groups in total. The molecule has 0 aliphatic carbocycles. The number of methoxy groups -OCH3 is 1. The summed E-state index contributed by atoms with van der Waals surface area (Å²) >= 11 is 6.33. The maximum Gasteiger partial charge on any atom is 0.241 e. The highest BCUT2D eigenvalue weighted by Gasteiger charge is 2.23. The summed E-state index contributed by atoms with van der Waals surface area (Å²) in [6.45, 7) is 4.06. The Balaban J connectivity index is 2.11. The van der Waals surface area contributed by atoms with Crippen molar-refractivity contribution in [2.75, 3.05) is 51.8 Å². The van der Waals surface area contributed by atoms with Crippen LogP contribution in [0.3, 0.4) is 0 Å². The van der Waals surface area contributed by atoms with Crippen LogP contribution >= 0.6 is 11.6 Å². The lowest BCUT2D eigenvalue weighted by atomic mass is 10.1. The van der Waals surface area contributed by atoms with Crippen molar-refractivity contribution in [3.63, 3.8) is 0 Å². The first-order valence-corrected chi connectivity index (χ1v) is 7.47. The van der Waals surface area contributed by atoms with Gasteiger partial charge in [-0.25, -0.2) is 0 Å². The smallest absolute Gasteiger partial charge is 0.241 e. The summed E-state index contributed by atoms with van der Waals surface area (Å²) < 4.78 is 5.03. The minimum atomic E-state index is 0.138. The Morgan fingerprint density at radius 1 is 1.38 bits per heavy atom. The molecule has 116 valence electrons. The molecular weight excluding hydrogens is 290 g/mol. The predicted octanol–water partition coefficient (Wildman–Crippen LogP) is 1.35. The summed E-state index contributed by atoms with van der Waals surface area (Å²) in [4.78, 5) is 15.8. The zero-order valence-electron chi connectivity index (χ0n) is 12.6. The van der Waals surface area contributed by atoms with Gasteiger partial charge in [-0.2, -0.15) is 0 Å². The van der Waals surface area contributed by atoms with Crippen molar-refractivity contribution in [1.82, 2.24) is 10.2 Å². The number of nitrogens with zero attached hydrogens (tertiary/aromatic N) is 2. The Morgan fingerprint density at radius 2 is 2.19 bits per heavy atom. The molecule has 5 nitrogen and oxygen atoms in total. The van der Waals surface area contributed by atoms with Crippen molar-refractivity contribution in [2.45, 2.75) is 6.54 Å². The lowest BCUT2D eigenvalue weighted by Gasteiger charge is -2.34. The van der Waals surface area contributed by atoms with E-state index in [1.807, 2.05) is 25.2 Å². The van der Waals surface area contributed by atoms with Crippen LogP contribution in [0.2, 0.25) is 5.02 Å². The molecule has 0 atom stereocenters. The number of carbonyl (C=O) groups excluding carboxylic acids is 1. The third-order valence-electron chi connectivity index (χ3n) is 3.68. The van der Waals surface area contributed by atoms with E-state index < -0.39 is 0 Å². The van der Waals surface area contributed by atoms with Gasteiger partial charge in [0.05, 0.1) is 13.2 Å². The molecule has 1 aliphatic rings. The number of carbonyl (C=O) groups is 1. The number of rotatable bonds is 6. The monoisotopic (exact) mass is 311 g/mol. The topological polar surface area (TPSA) is 44.8 Å². The second-order valence-corrected chi connectivity index (χ2v) is 5.55. The number of halogens is 1. The lowest BCUT2D eigenvalue weighted by Crippen LogP contribution is -2.49. The number of hydrogen-bond donors (Lipinski definition) is 1. The highest BCUT2D eigenvalue weighted by Crippen LogP contribution is 2.28. The Kier molecular flexibility index (Phi) is 5.85. The Bertz CT molecular complexity index is 496. The summed E-state index contributed by atoms with van der Waals surface area (Å²) in [5, 5.41) is 4.04. The van der Waals surface area contributed by atoms with Crippen molar-refractivity contribution in [2.24, 2.45) is 0 Å². The van der Waals surface area contributed by atoms with Crippen molar-refractivity contribution in [3.8, 4) is 0 Å². The Hall–Kier alpha value is -1.30. The minimum absolute atomic E-state index is 0.138. The Labute approximate surface area is 130 Å². The van der Waals surface area contributed by atoms with Gasteiger partial charge in [0.25, 0.3) is 0 Å². The molecule has 0 bridgehead atoms. The summed E-state index contributed by atoms with van der Waals surface area (Å²) in [6.07, 6.45) is 0. The standard InChI is InChI=1S/C15H22ClN3O2/c1-18-7-8-19(11-15(18)20)14-5-3-4-13(16)12(14)10-17-6-9-21-2/h3-5,17H,6-11H2,1-2H3. The van der Waals surface area contributed by atoms with Gasteiger partial charge in [0.2, 0.25) is 5.91 Å². The fourth-order valence-corrected chi connectivity index (χ4v) is 2.61. The molecule has 1 heterocycles. The fraction of sp³-hybridized carbons (Fsp3) is 0.533. The fourth-order valence-electron chi connectivity index (χ4n) is 2.37. The molecule has 1 saturated heterocycles. The molecule has 0 radical (unpaired) electrons. The average Bonchev–Trinajstić information content (AvgIpc) is 2.48. The first-order valence-electron chi connectivity index (χ1n) is 7.09. The zero-order chi connectivity index (χ0) is 15.2. The maximum atomic E-state index is 11.9. The number of benzene rings is 1. The number of nitrogens with one attached hydrogen (secondary N) is 1. The van der Waals surface area contributed by atoms with E-state index in [9.17, 15) is 4.79 Å². The third-order valence-corrected chi connectivity index (χ3v) is 4.03. The van der Waals surface area contributed by atoms with E-state index in [1.54, 1.807) is 12.0 Å². The Morgan fingerprint density at radius 3 is 2.90 bits per heavy atom. The van der Waals surface area contributed by atoms with Crippen LogP contribution < -0.4 is 10.2 Å². The lowest BCUT2D eigenvalue weighted by molar-refractivity contribution is -0.129. The van der Waals surface area contributed by atoms with Gasteiger partial charge in [-0.05, 0) is 12.1 Å². The molecule has 1 fully saturated rings. The number of amides is 1. The molecule has 0 aromatic heterocycles. The summed E-state index contributed by atoms with van der Waals surface area (Å²) in [5.41, 5.74) is 2.07. The van der Waals surface area contributed by atoms with Gasteiger partial charge >= 0.3 is 0 Å². The molecule has 0 unspecified atom stereocenters. The molecule has 1 aromatic rings. The second-order valence-electron chi connectivity index (χ2n) is 5.14. The highest BCUT2D eigenvalue weighted by atomic mass is 35.5. The van der Waals surface area contributed by atoms with Crippen LogP contribution in [0.4, 0.5) is 5.69 Å². The van der Waals surface area contributed by atoms with Gasteiger partial charge in [-0.15, -0.1) is 0 Å². The van der Waals surface area contributed by atoms with E-state index in [-0.39, 0.29) is 5.91 Å². The summed E-state index contributed by atoms with van der Waals surface area (Å²) in [5.74, 6) is 0.138. The largest absolute Gasteiger partial charge is 0.383 e. The maximum absolute atomic E-state index is 11.9. The van der Waals surface area contributed by atoms with Crippen molar-refractivity contribution < 1.29 is 9.53 Å². The van der Waals surface area contributed by atoms with Gasteiger partial charge in [-0.1, -0.05) is 17.7 Å². The number of anilines is 1. The van der Waals surface area contributed by atoms with Crippen LogP contribution in [0.1, 0.15) is 5.56 Å². The first kappa shape index (κ1) is 16.1. The molecule has 0 saturated carbocycles. The van der Waals surface area contributed by atoms with Crippen LogP contribution in [0.15, 0.2) is 18.2 Å². The van der Waals surface area contributed by atoms with Gasteiger partial charge in [0.1, 0.15) is 0 Å². The number of likely N-dealkylation sites (N-methyl/N-ethyl adjacent to an activating group) is 1. The van der Waals surface area contributed by atoms with Crippen LogP contribution in [0, 0.1) is 0 Å². The molecular formula is C15H22ClN3O2.